The molecule has 1 atom stereocenters. The first-order valence-corrected chi connectivity index (χ1v) is 10.6. The lowest BCUT2D eigenvalue weighted by Crippen LogP contribution is -2.37. The fourth-order valence-electron chi connectivity index (χ4n) is 3.05. The maximum Gasteiger partial charge on any atom is 0.331 e. The molecule has 1 N–H and O–H groups in total. The third-order valence-electron chi connectivity index (χ3n) is 4.30. The van der Waals surface area contributed by atoms with E-state index in [1.807, 2.05) is 19.9 Å². The summed E-state index contributed by atoms with van der Waals surface area (Å²) < 4.78 is 11.4. The van der Waals surface area contributed by atoms with Crippen LogP contribution in [0.1, 0.15) is 31.0 Å². The minimum atomic E-state index is -1.18. The number of carbonyl (C=O) groups excluding carboxylic acids is 1. The van der Waals surface area contributed by atoms with Crippen molar-refractivity contribution in [3.63, 3.8) is 0 Å². The highest BCUT2D eigenvalue weighted by Crippen LogP contribution is 2.39. The highest BCUT2D eigenvalue weighted by atomic mass is 32.2. The second-order valence-corrected chi connectivity index (χ2v) is 7.95. The van der Waals surface area contributed by atoms with Crippen LogP contribution in [0.25, 0.3) is 6.08 Å². The molecule has 3 rings (SSSR count). The van der Waals surface area contributed by atoms with Crippen molar-refractivity contribution >= 4 is 46.3 Å². The lowest BCUT2D eigenvalue weighted by molar-refractivity contribution is -0.145. The van der Waals surface area contributed by atoms with Crippen molar-refractivity contribution in [3.8, 4) is 11.5 Å². The van der Waals surface area contributed by atoms with E-state index in [9.17, 15) is 14.7 Å². The van der Waals surface area contributed by atoms with Gasteiger partial charge in [-0.25, -0.2) is 4.79 Å². The highest BCUT2D eigenvalue weighted by Gasteiger charge is 2.41. The summed E-state index contributed by atoms with van der Waals surface area (Å²) in [5.41, 5.74) is 1.22. The zero-order chi connectivity index (χ0) is 21.7. The summed E-state index contributed by atoms with van der Waals surface area (Å²) in [6.45, 7) is 4.75. The zero-order valence-corrected chi connectivity index (χ0v) is 18.2. The Bertz CT molecular complexity index is 990. The number of carbonyl (C=O) groups is 2. The number of aliphatic carboxylic acids is 1. The Labute approximate surface area is 184 Å². The number of ether oxygens (including phenoxy) is 2. The summed E-state index contributed by atoms with van der Waals surface area (Å²) in [6.07, 6.45) is 1.68. The van der Waals surface area contributed by atoms with Crippen molar-refractivity contribution in [3.05, 3.63) is 64.6 Å². The second kappa shape index (κ2) is 9.77. The van der Waals surface area contributed by atoms with Crippen molar-refractivity contribution in [2.75, 3.05) is 13.2 Å². The number of nitrogens with zero attached hydrogens (tertiary/aromatic N) is 1. The molecule has 1 fully saturated rings. The molecule has 0 saturated carbocycles. The van der Waals surface area contributed by atoms with Gasteiger partial charge in [-0.1, -0.05) is 60.4 Å². The molecule has 0 aliphatic carbocycles. The topological polar surface area (TPSA) is 76.1 Å². The third kappa shape index (κ3) is 4.66. The average Bonchev–Trinajstić information content (AvgIpc) is 2.99. The Kier molecular flexibility index (Phi) is 7.12. The molecule has 30 heavy (non-hydrogen) atoms. The molecule has 1 amide bonds. The summed E-state index contributed by atoms with van der Waals surface area (Å²) in [4.78, 5) is 26.5. The standard InChI is InChI=1S/C22H21NO5S2/c1-3-27-16-11-10-14(12-17(16)28-4-2)13-18-20(24)23(22(29)30-18)19(21(25)26)15-8-6-5-7-9-15/h5-13,19H,3-4H2,1-2H3,(H,25,26)/b18-13+/t19-/m0/s1. The first-order valence-electron chi connectivity index (χ1n) is 9.40. The number of hydrogen-bond donors (Lipinski definition) is 1. The molecular formula is C22H21NO5S2. The molecule has 1 heterocycles. The van der Waals surface area contributed by atoms with Gasteiger partial charge in [0.2, 0.25) is 0 Å². The van der Waals surface area contributed by atoms with E-state index < -0.39 is 17.9 Å². The lowest BCUT2D eigenvalue weighted by atomic mass is 10.1. The summed E-state index contributed by atoms with van der Waals surface area (Å²) in [5.74, 6) is -0.373. The van der Waals surface area contributed by atoms with Gasteiger partial charge in [0.15, 0.2) is 17.5 Å². The molecular weight excluding hydrogens is 422 g/mol. The monoisotopic (exact) mass is 443 g/mol. The van der Waals surface area contributed by atoms with Crippen LogP contribution in [-0.2, 0) is 9.59 Å². The molecule has 1 aliphatic rings. The highest BCUT2D eigenvalue weighted by molar-refractivity contribution is 8.26. The van der Waals surface area contributed by atoms with Crippen molar-refractivity contribution in [1.29, 1.82) is 0 Å². The van der Waals surface area contributed by atoms with Crippen LogP contribution in [0.15, 0.2) is 53.4 Å². The number of carboxylic acid groups (broad SMARTS) is 1. The molecule has 6 nitrogen and oxygen atoms in total. The molecule has 1 saturated heterocycles. The van der Waals surface area contributed by atoms with E-state index in [0.29, 0.717) is 35.2 Å². The van der Waals surface area contributed by atoms with Gasteiger partial charge in [-0.2, -0.15) is 0 Å². The largest absolute Gasteiger partial charge is 0.490 e. The van der Waals surface area contributed by atoms with Gasteiger partial charge in [-0.3, -0.25) is 9.69 Å². The first kappa shape index (κ1) is 21.9. The van der Waals surface area contributed by atoms with E-state index in [-0.39, 0.29) is 4.32 Å². The Morgan fingerprint density at radius 1 is 1.13 bits per heavy atom. The Hall–Kier alpha value is -2.84. The molecule has 1 aliphatic heterocycles. The van der Waals surface area contributed by atoms with Gasteiger partial charge in [0.1, 0.15) is 4.32 Å². The van der Waals surface area contributed by atoms with Gasteiger partial charge in [-0.15, -0.1) is 0 Å². The smallest absolute Gasteiger partial charge is 0.331 e. The minimum Gasteiger partial charge on any atom is -0.490 e. The third-order valence-corrected chi connectivity index (χ3v) is 5.63. The number of amides is 1. The van der Waals surface area contributed by atoms with Crippen LogP contribution in [-0.4, -0.2) is 39.4 Å². The molecule has 2 aromatic carbocycles. The van der Waals surface area contributed by atoms with Crippen LogP contribution in [0.4, 0.5) is 0 Å². The van der Waals surface area contributed by atoms with Crippen LogP contribution in [0.5, 0.6) is 11.5 Å². The number of benzene rings is 2. The van der Waals surface area contributed by atoms with Gasteiger partial charge in [-0.05, 0) is 43.2 Å². The van der Waals surface area contributed by atoms with Crippen molar-refractivity contribution in [2.45, 2.75) is 19.9 Å². The SMILES string of the molecule is CCOc1ccc(/C=C2/SC(=S)N([C@H](C(=O)O)c3ccccc3)C2=O)cc1OCC. The summed E-state index contributed by atoms with van der Waals surface area (Å²) in [5, 5.41) is 9.76. The Balaban J connectivity index is 1.93. The average molecular weight is 444 g/mol. The molecule has 8 heteroatoms. The number of rotatable bonds is 8. The second-order valence-electron chi connectivity index (χ2n) is 6.28. The molecule has 0 aromatic heterocycles. The van der Waals surface area contributed by atoms with E-state index in [1.165, 1.54) is 0 Å². The summed E-state index contributed by atoms with van der Waals surface area (Å²) in [6, 6.07) is 12.8. The quantitative estimate of drug-likeness (QED) is 0.475. The Morgan fingerprint density at radius 3 is 2.43 bits per heavy atom. The van der Waals surface area contributed by atoms with E-state index in [4.69, 9.17) is 21.7 Å². The fraction of sp³-hybridized carbons (Fsp3) is 0.227. The van der Waals surface area contributed by atoms with Crippen LogP contribution in [0, 0.1) is 0 Å². The van der Waals surface area contributed by atoms with E-state index in [0.717, 1.165) is 22.2 Å². The predicted octanol–water partition coefficient (Wildman–Crippen LogP) is 4.51. The number of hydrogen-bond acceptors (Lipinski definition) is 6. The molecule has 0 bridgehead atoms. The van der Waals surface area contributed by atoms with Crippen molar-refractivity contribution in [1.82, 2.24) is 4.90 Å². The normalized spacial score (nSPS) is 16.1. The lowest BCUT2D eigenvalue weighted by Gasteiger charge is -2.23. The zero-order valence-electron chi connectivity index (χ0n) is 16.5. The molecule has 0 radical (unpaired) electrons. The minimum absolute atomic E-state index is 0.207. The molecule has 0 unspecified atom stereocenters. The summed E-state index contributed by atoms with van der Waals surface area (Å²) in [7, 11) is 0. The van der Waals surface area contributed by atoms with Gasteiger partial charge in [0.05, 0.1) is 18.1 Å². The first-order chi connectivity index (χ1) is 14.5. The van der Waals surface area contributed by atoms with Gasteiger partial charge < -0.3 is 14.6 Å². The fourth-order valence-corrected chi connectivity index (χ4v) is 4.36. The summed E-state index contributed by atoms with van der Waals surface area (Å²) >= 11 is 6.43. The molecule has 0 spiro atoms. The maximum atomic E-state index is 13.0. The molecule has 156 valence electrons. The van der Waals surface area contributed by atoms with E-state index in [1.54, 1.807) is 48.5 Å². The van der Waals surface area contributed by atoms with Gasteiger partial charge >= 0.3 is 5.97 Å². The van der Waals surface area contributed by atoms with Crippen LogP contribution in [0.3, 0.4) is 0 Å². The van der Waals surface area contributed by atoms with Crippen molar-refractivity contribution < 1.29 is 24.2 Å². The van der Waals surface area contributed by atoms with Gasteiger partial charge in [0, 0.05) is 0 Å². The maximum absolute atomic E-state index is 13.0. The van der Waals surface area contributed by atoms with E-state index >= 15 is 0 Å². The van der Waals surface area contributed by atoms with Crippen LogP contribution < -0.4 is 9.47 Å². The van der Waals surface area contributed by atoms with Crippen LogP contribution >= 0.6 is 24.0 Å². The van der Waals surface area contributed by atoms with E-state index in [2.05, 4.69) is 0 Å². The van der Waals surface area contributed by atoms with Crippen molar-refractivity contribution in [2.24, 2.45) is 0 Å². The number of thiocarbonyl (C=S) groups is 1. The number of thioether (sulfide) groups is 1. The molecule has 2 aromatic rings. The Morgan fingerprint density at radius 2 is 1.80 bits per heavy atom. The van der Waals surface area contributed by atoms with Crippen LogP contribution in [0.2, 0.25) is 0 Å². The predicted molar refractivity (Wildman–Crippen MR) is 121 cm³/mol. The number of carboxylic acids is 1. The van der Waals surface area contributed by atoms with Gasteiger partial charge in [0.25, 0.3) is 5.91 Å².